The third-order valence-corrected chi connectivity index (χ3v) is 5.72. The van der Waals surface area contributed by atoms with Gasteiger partial charge in [0.2, 0.25) is 5.91 Å². The summed E-state index contributed by atoms with van der Waals surface area (Å²) in [5.74, 6) is 0.191. The predicted molar refractivity (Wildman–Crippen MR) is 99.3 cm³/mol. The number of para-hydroxylation sites is 2. The normalized spacial score (nSPS) is 21.2. The first kappa shape index (κ1) is 17.3. The molecule has 1 N–H and O–H groups in total. The highest BCUT2D eigenvalue weighted by molar-refractivity contribution is 5.81. The number of carbonyl (C=O) groups is 1. The molecule has 140 valence electrons. The first-order valence-corrected chi connectivity index (χ1v) is 9.45. The van der Waals surface area contributed by atoms with Crippen molar-refractivity contribution in [1.29, 1.82) is 0 Å². The molecule has 1 atom stereocenters. The van der Waals surface area contributed by atoms with E-state index in [1.165, 1.54) is 0 Å². The third-order valence-electron chi connectivity index (χ3n) is 5.72. The Hall–Kier alpha value is -2.12. The molecule has 0 spiro atoms. The van der Waals surface area contributed by atoms with Gasteiger partial charge in [0.1, 0.15) is 0 Å². The second-order valence-corrected chi connectivity index (χ2v) is 7.20. The topological polar surface area (TPSA) is 70.6 Å². The van der Waals surface area contributed by atoms with Crippen LogP contribution in [0.2, 0.25) is 0 Å². The van der Waals surface area contributed by atoms with Crippen molar-refractivity contribution in [2.24, 2.45) is 0 Å². The van der Waals surface area contributed by atoms with Gasteiger partial charge >= 0.3 is 5.69 Å². The van der Waals surface area contributed by atoms with E-state index in [-0.39, 0.29) is 23.7 Å². The lowest BCUT2D eigenvalue weighted by atomic mass is 10.0. The van der Waals surface area contributed by atoms with Crippen molar-refractivity contribution >= 4 is 16.9 Å². The van der Waals surface area contributed by atoms with E-state index in [1.807, 2.05) is 40.7 Å². The molecular formula is C19H26N4O3. The number of aromatic nitrogens is 2. The maximum absolute atomic E-state index is 12.8. The molecule has 2 aromatic rings. The number of benzene rings is 1. The molecule has 3 heterocycles. The molecule has 2 aliphatic heterocycles. The number of ether oxygens (including phenoxy) is 1. The molecule has 7 nitrogen and oxygen atoms in total. The van der Waals surface area contributed by atoms with Gasteiger partial charge in [0.15, 0.2) is 0 Å². The Kier molecular flexibility index (Phi) is 4.82. The number of piperidine rings is 1. The fourth-order valence-corrected chi connectivity index (χ4v) is 4.17. The van der Waals surface area contributed by atoms with Gasteiger partial charge in [0.25, 0.3) is 0 Å². The number of nitrogens with zero attached hydrogens (tertiary/aromatic N) is 3. The molecule has 0 radical (unpaired) electrons. The smallest absolute Gasteiger partial charge is 0.326 e. The molecular weight excluding hydrogens is 332 g/mol. The second-order valence-electron chi connectivity index (χ2n) is 7.20. The van der Waals surface area contributed by atoms with Crippen LogP contribution < -0.4 is 5.69 Å². The van der Waals surface area contributed by atoms with Crippen molar-refractivity contribution in [2.75, 3.05) is 39.4 Å². The minimum Gasteiger partial charge on any atom is -0.379 e. The van der Waals surface area contributed by atoms with Gasteiger partial charge in [0, 0.05) is 32.2 Å². The highest BCUT2D eigenvalue weighted by atomic mass is 16.5. The number of H-pyrrole nitrogens is 1. The first-order chi connectivity index (χ1) is 12.6. The molecule has 1 amide bonds. The molecule has 2 aliphatic rings. The van der Waals surface area contributed by atoms with E-state index in [1.54, 1.807) is 0 Å². The summed E-state index contributed by atoms with van der Waals surface area (Å²) in [7, 11) is 0. The number of nitrogens with one attached hydrogen (secondary N) is 1. The summed E-state index contributed by atoms with van der Waals surface area (Å²) in [5.41, 5.74) is 1.76. The number of imidazole rings is 1. The summed E-state index contributed by atoms with van der Waals surface area (Å²) in [6, 6.07) is 7.82. The van der Waals surface area contributed by atoms with E-state index in [9.17, 15) is 9.59 Å². The average molecular weight is 358 g/mol. The summed E-state index contributed by atoms with van der Waals surface area (Å²) >= 11 is 0. The Labute approximate surface area is 152 Å². The van der Waals surface area contributed by atoms with E-state index in [0.717, 1.165) is 37.0 Å². The van der Waals surface area contributed by atoms with Crippen LogP contribution in [0.3, 0.4) is 0 Å². The Bertz CT molecular complexity index is 829. The molecule has 7 heteroatoms. The summed E-state index contributed by atoms with van der Waals surface area (Å²) in [4.78, 5) is 32.3. The van der Waals surface area contributed by atoms with Crippen LogP contribution >= 0.6 is 0 Å². The van der Waals surface area contributed by atoms with E-state index in [2.05, 4.69) is 9.88 Å². The summed E-state index contributed by atoms with van der Waals surface area (Å²) in [6.07, 6.45) is 1.62. The van der Waals surface area contributed by atoms with E-state index >= 15 is 0 Å². The lowest BCUT2D eigenvalue weighted by Crippen LogP contribution is -2.52. The zero-order valence-electron chi connectivity index (χ0n) is 15.2. The minimum absolute atomic E-state index is 0.0577. The number of likely N-dealkylation sites (tertiary alicyclic amines) is 1. The molecule has 0 bridgehead atoms. The van der Waals surface area contributed by atoms with Crippen LogP contribution in [0.15, 0.2) is 29.1 Å². The van der Waals surface area contributed by atoms with E-state index < -0.39 is 0 Å². The van der Waals surface area contributed by atoms with Crippen molar-refractivity contribution in [2.45, 2.75) is 31.8 Å². The van der Waals surface area contributed by atoms with Crippen molar-refractivity contribution in [3.8, 4) is 0 Å². The number of morpholine rings is 1. The lowest BCUT2D eigenvalue weighted by molar-refractivity contribution is -0.139. The van der Waals surface area contributed by atoms with Crippen molar-refractivity contribution in [3.63, 3.8) is 0 Å². The largest absolute Gasteiger partial charge is 0.379 e. The van der Waals surface area contributed by atoms with Gasteiger partial charge in [-0.05, 0) is 31.9 Å². The van der Waals surface area contributed by atoms with E-state index in [0.29, 0.717) is 26.3 Å². The second kappa shape index (κ2) is 7.25. The first-order valence-electron chi connectivity index (χ1n) is 9.45. The predicted octanol–water partition coefficient (Wildman–Crippen LogP) is 1.21. The molecule has 1 aromatic carbocycles. The van der Waals surface area contributed by atoms with Crippen LogP contribution in [-0.4, -0.2) is 70.7 Å². The fraction of sp³-hybridized carbons (Fsp3) is 0.579. The third kappa shape index (κ3) is 3.17. The van der Waals surface area contributed by atoms with Crippen LogP contribution in [0.5, 0.6) is 0 Å². The maximum Gasteiger partial charge on any atom is 0.326 e. The molecule has 2 saturated heterocycles. The quantitative estimate of drug-likeness (QED) is 0.895. The molecule has 0 saturated carbocycles. The van der Waals surface area contributed by atoms with Gasteiger partial charge in [-0.3, -0.25) is 14.3 Å². The zero-order chi connectivity index (χ0) is 18.1. The number of fused-ring (bicyclic) bond motifs is 1. The number of hydrogen-bond acceptors (Lipinski definition) is 4. The molecule has 1 aromatic heterocycles. The van der Waals surface area contributed by atoms with Gasteiger partial charge in [-0.15, -0.1) is 0 Å². The highest BCUT2D eigenvalue weighted by Gasteiger charge is 2.31. The number of carbonyl (C=O) groups excluding carboxylic acids is 1. The Morgan fingerprint density at radius 2 is 1.85 bits per heavy atom. The molecule has 26 heavy (non-hydrogen) atoms. The van der Waals surface area contributed by atoms with Gasteiger partial charge in [-0.1, -0.05) is 12.1 Å². The van der Waals surface area contributed by atoms with Gasteiger partial charge in [-0.25, -0.2) is 4.79 Å². The number of hydrogen-bond donors (Lipinski definition) is 1. The number of rotatable bonds is 3. The molecule has 2 fully saturated rings. The highest BCUT2D eigenvalue weighted by Crippen LogP contribution is 2.25. The van der Waals surface area contributed by atoms with Crippen molar-refractivity contribution < 1.29 is 9.53 Å². The van der Waals surface area contributed by atoms with E-state index in [4.69, 9.17) is 4.74 Å². The van der Waals surface area contributed by atoms with Crippen LogP contribution in [0.25, 0.3) is 11.0 Å². The molecule has 0 aliphatic carbocycles. The maximum atomic E-state index is 12.8. The number of aromatic amines is 1. The van der Waals surface area contributed by atoms with Crippen LogP contribution in [-0.2, 0) is 9.53 Å². The summed E-state index contributed by atoms with van der Waals surface area (Å²) in [6.45, 7) is 6.41. The SMILES string of the molecule is CC(C(=O)N1CCC(n2c(=O)[nH]c3ccccc32)CC1)N1CCOCC1. The van der Waals surface area contributed by atoms with Crippen molar-refractivity contribution in [3.05, 3.63) is 34.7 Å². The standard InChI is InChI=1S/C19H26N4O3/c1-14(21-10-12-26-13-11-21)18(24)22-8-6-15(7-9-22)23-17-5-3-2-4-16(17)20-19(23)25/h2-5,14-15H,6-13H2,1H3,(H,20,25). The van der Waals surface area contributed by atoms with Crippen molar-refractivity contribution in [1.82, 2.24) is 19.4 Å². The number of amides is 1. The summed E-state index contributed by atoms with van der Waals surface area (Å²) in [5, 5.41) is 0. The zero-order valence-corrected chi connectivity index (χ0v) is 15.2. The van der Waals surface area contributed by atoms with Crippen LogP contribution in [0.1, 0.15) is 25.8 Å². The fourth-order valence-electron chi connectivity index (χ4n) is 4.17. The monoisotopic (exact) mass is 358 g/mol. The van der Waals surface area contributed by atoms with Gasteiger partial charge in [-0.2, -0.15) is 0 Å². The molecule has 1 unspecified atom stereocenters. The minimum atomic E-state index is -0.105. The lowest BCUT2D eigenvalue weighted by Gasteiger charge is -2.38. The van der Waals surface area contributed by atoms with Crippen LogP contribution in [0, 0.1) is 0 Å². The van der Waals surface area contributed by atoms with Gasteiger partial charge < -0.3 is 14.6 Å². The molecule has 4 rings (SSSR count). The Morgan fingerprint density at radius 3 is 2.58 bits per heavy atom. The Balaban J connectivity index is 1.43. The Morgan fingerprint density at radius 1 is 1.15 bits per heavy atom. The van der Waals surface area contributed by atoms with Gasteiger partial charge in [0.05, 0.1) is 30.3 Å². The average Bonchev–Trinajstić information content (AvgIpc) is 3.03. The summed E-state index contributed by atoms with van der Waals surface area (Å²) < 4.78 is 7.24. The van der Waals surface area contributed by atoms with Crippen LogP contribution in [0.4, 0.5) is 0 Å².